The van der Waals surface area contributed by atoms with Crippen LogP contribution in [0.3, 0.4) is 0 Å². The summed E-state index contributed by atoms with van der Waals surface area (Å²) in [5.41, 5.74) is 2.91. The maximum absolute atomic E-state index is 13.6. The van der Waals surface area contributed by atoms with E-state index in [-0.39, 0.29) is 19.8 Å². The molecule has 0 aliphatic carbocycles. The Morgan fingerprint density at radius 1 is 1.05 bits per heavy atom. The van der Waals surface area contributed by atoms with Crippen molar-refractivity contribution in [2.24, 2.45) is 0 Å². The summed E-state index contributed by atoms with van der Waals surface area (Å²) in [6, 6.07) is 10.8. The summed E-state index contributed by atoms with van der Waals surface area (Å²) in [7, 11) is 2.89. The predicted octanol–water partition coefficient (Wildman–Crippen LogP) is 5.74. The number of carbonyl (C=O) groups is 2. The van der Waals surface area contributed by atoms with E-state index in [1.807, 2.05) is 25.1 Å². The Hall–Kier alpha value is -4.47. The highest BCUT2D eigenvalue weighted by Gasteiger charge is 2.27. The second-order valence-electron chi connectivity index (χ2n) is 11.2. The third kappa shape index (κ3) is 7.88. The lowest BCUT2D eigenvalue weighted by Gasteiger charge is -2.21. The number of hydrogen-bond donors (Lipinski definition) is 1. The normalized spacial score (nSPS) is 12.9. The topological polar surface area (TPSA) is 118 Å². The van der Waals surface area contributed by atoms with Crippen molar-refractivity contribution >= 4 is 17.5 Å². The van der Waals surface area contributed by atoms with Crippen LogP contribution in [0.5, 0.6) is 23.0 Å². The zero-order chi connectivity index (χ0) is 31.1. The molecule has 3 aromatic rings. The van der Waals surface area contributed by atoms with Gasteiger partial charge >= 0.3 is 11.9 Å². The summed E-state index contributed by atoms with van der Waals surface area (Å²) in [4.78, 5) is 34.5. The monoisotopic (exact) mass is 592 g/mol. The van der Waals surface area contributed by atoms with Crippen LogP contribution in [0.15, 0.2) is 42.0 Å². The second-order valence-corrected chi connectivity index (χ2v) is 11.2. The Morgan fingerprint density at radius 2 is 1.81 bits per heavy atom. The number of imidazole rings is 1. The van der Waals surface area contributed by atoms with Gasteiger partial charge in [0.2, 0.25) is 6.79 Å². The Morgan fingerprint density at radius 3 is 2.51 bits per heavy atom. The Balaban J connectivity index is 1.90. The third-order valence-electron chi connectivity index (χ3n) is 6.71. The van der Waals surface area contributed by atoms with Gasteiger partial charge in [-0.2, -0.15) is 0 Å². The maximum atomic E-state index is 13.6. The fourth-order valence-electron chi connectivity index (χ4n) is 4.77. The number of methoxy groups -OCH3 is 2. The molecular formula is C33H40N2O8. The number of benzene rings is 2. The molecule has 0 spiro atoms. The first kappa shape index (κ1) is 31.5. The Bertz CT molecular complexity index is 1500. The molecular weight excluding hydrogens is 552 g/mol. The van der Waals surface area contributed by atoms with Gasteiger partial charge in [-0.25, -0.2) is 14.6 Å². The highest BCUT2D eigenvalue weighted by Crippen LogP contribution is 2.39. The van der Waals surface area contributed by atoms with Gasteiger partial charge in [0.25, 0.3) is 0 Å². The Labute approximate surface area is 252 Å². The molecule has 1 aliphatic heterocycles. The van der Waals surface area contributed by atoms with Crippen LogP contribution in [-0.4, -0.2) is 55.1 Å². The molecule has 1 N–H and O–H groups in total. The summed E-state index contributed by atoms with van der Waals surface area (Å²) in [5.74, 6) is 1.84. The fraction of sp³-hybridized carbons (Fsp3) is 0.424. The Kier molecular flexibility index (Phi) is 10.0. The molecule has 0 fully saturated rings. The molecule has 1 aliphatic rings. The van der Waals surface area contributed by atoms with Crippen molar-refractivity contribution in [3.05, 3.63) is 70.3 Å². The van der Waals surface area contributed by atoms with E-state index >= 15 is 0 Å². The van der Waals surface area contributed by atoms with Crippen LogP contribution >= 0.6 is 0 Å². The van der Waals surface area contributed by atoms with Gasteiger partial charge in [-0.05, 0) is 63.9 Å². The highest BCUT2D eigenvalue weighted by molar-refractivity contribution is 6.03. The average molecular weight is 593 g/mol. The fourth-order valence-corrected chi connectivity index (χ4v) is 4.77. The van der Waals surface area contributed by atoms with Gasteiger partial charge in [0.1, 0.15) is 22.9 Å². The molecule has 1 aromatic heterocycles. The van der Waals surface area contributed by atoms with Gasteiger partial charge in [-0.3, -0.25) is 0 Å². The zero-order valence-corrected chi connectivity index (χ0v) is 25.9. The molecule has 0 bridgehead atoms. The molecule has 0 radical (unpaired) electrons. The highest BCUT2D eigenvalue weighted by atomic mass is 16.7. The number of carbonyl (C=O) groups excluding carboxylic acids is 2. The van der Waals surface area contributed by atoms with Gasteiger partial charge in [0, 0.05) is 35.7 Å². The smallest absolute Gasteiger partial charge is 0.344 e. The second kappa shape index (κ2) is 13.7. The van der Waals surface area contributed by atoms with Crippen LogP contribution in [0.1, 0.15) is 68.9 Å². The summed E-state index contributed by atoms with van der Waals surface area (Å²) in [6.45, 7) is 9.20. The number of unbranched alkanes of at least 4 members (excludes halogenated alkanes) is 1. The number of ether oxygens (including phenoxy) is 6. The summed E-state index contributed by atoms with van der Waals surface area (Å²) < 4.78 is 33.4. The quantitative estimate of drug-likeness (QED) is 0.208. The number of nitrogens with one attached hydrogen (secondary N) is 1. The van der Waals surface area contributed by atoms with Crippen molar-refractivity contribution in [3.8, 4) is 23.0 Å². The molecule has 10 nitrogen and oxygen atoms in total. The molecule has 2 heterocycles. The van der Waals surface area contributed by atoms with Gasteiger partial charge < -0.3 is 33.4 Å². The molecule has 2 aromatic carbocycles. The maximum Gasteiger partial charge on any atom is 0.344 e. The van der Waals surface area contributed by atoms with E-state index in [1.165, 1.54) is 7.11 Å². The first-order valence-electron chi connectivity index (χ1n) is 14.3. The lowest BCUT2D eigenvalue weighted by molar-refractivity contribution is -0.157. The first-order valence-corrected chi connectivity index (χ1v) is 14.3. The average Bonchev–Trinajstić information content (AvgIpc) is 3.59. The summed E-state index contributed by atoms with van der Waals surface area (Å²) in [6.07, 6.45) is 2.92. The van der Waals surface area contributed by atoms with Gasteiger partial charge in [0.05, 0.1) is 25.5 Å². The third-order valence-corrected chi connectivity index (χ3v) is 6.71. The molecule has 0 amide bonds. The number of aryl methyl sites for hydroxylation is 2. The van der Waals surface area contributed by atoms with Crippen LogP contribution in [0.4, 0.5) is 0 Å². The predicted molar refractivity (Wildman–Crippen MR) is 161 cm³/mol. The van der Waals surface area contributed by atoms with Gasteiger partial charge in [-0.1, -0.05) is 19.4 Å². The van der Waals surface area contributed by atoms with E-state index in [9.17, 15) is 9.59 Å². The van der Waals surface area contributed by atoms with E-state index in [1.54, 1.807) is 46.1 Å². The molecule has 4 rings (SSSR count). The van der Waals surface area contributed by atoms with Crippen LogP contribution in [0.2, 0.25) is 0 Å². The SMILES string of the molecule is CCCCc1nc(C(=C(Cc2ccc3c(c2)OCO3)C(=O)OC)c2ccc(OC)cc2OCC(=O)OC(C)(C)C)c(C)[nH]1. The van der Waals surface area contributed by atoms with Gasteiger partial charge in [-0.15, -0.1) is 0 Å². The number of H-pyrrole nitrogens is 1. The van der Waals surface area contributed by atoms with Crippen molar-refractivity contribution in [2.75, 3.05) is 27.6 Å². The molecule has 0 saturated carbocycles. The molecule has 43 heavy (non-hydrogen) atoms. The molecule has 0 unspecified atom stereocenters. The van der Waals surface area contributed by atoms with Crippen LogP contribution < -0.4 is 18.9 Å². The van der Waals surface area contributed by atoms with Gasteiger partial charge in [0.15, 0.2) is 18.1 Å². The van der Waals surface area contributed by atoms with Crippen molar-refractivity contribution < 1.29 is 38.0 Å². The molecule has 0 atom stereocenters. The first-order chi connectivity index (χ1) is 20.5. The van der Waals surface area contributed by atoms with E-state index in [2.05, 4.69) is 11.9 Å². The lowest BCUT2D eigenvalue weighted by Crippen LogP contribution is -2.27. The number of hydrogen-bond acceptors (Lipinski definition) is 9. The van der Waals surface area contributed by atoms with E-state index in [4.69, 9.17) is 33.4 Å². The zero-order valence-electron chi connectivity index (χ0n) is 25.9. The largest absolute Gasteiger partial charge is 0.497 e. The van der Waals surface area contributed by atoms with E-state index < -0.39 is 17.5 Å². The van der Waals surface area contributed by atoms with Crippen molar-refractivity contribution in [3.63, 3.8) is 0 Å². The minimum absolute atomic E-state index is 0.140. The van der Waals surface area contributed by atoms with Crippen LogP contribution in [-0.2, 0) is 31.9 Å². The number of nitrogens with zero attached hydrogens (tertiary/aromatic N) is 1. The molecule has 0 saturated heterocycles. The van der Waals surface area contributed by atoms with Crippen molar-refractivity contribution in [1.82, 2.24) is 9.97 Å². The number of rotatable bonds is 12. The minimum Gasteiger partial charge on any atom is -0.497 e. The number of aromatic amines is 1. The lowest BCUT2D eigenvalue weighted by atomic mass is 9.91. The summed E-state index contributed by atoms with van der Waals surface area (Å²) in [5, 5.41) is 0. The van der Waals surface area contributed by atoms with Crippen LogP contribution in [0.25, 0.3) is 5.57 Å². The molecule has 10 heteroatoms. The summed E-state index contributed by atoms with van der Waals surface area (Å²) >= 11 is 0. The number of fused-ring (bicyclic) bond motifs is 1. The van der Waals surface area contributed by atoms with Crippen LogP contribution in [0, 0.1) is 6.92 Å². The number of esters is 2. The molecule has 230 valence electrons. The van der Waals surface area contributed by atoms with Crippen molar-refractivity contribution in [2.45, 2.75) is 65.9 Å². The van der Waals surface area contributed by atoms with E-state index in [0.717, 1.165) is 36.3 Å². The standard InChI is InChI=1S/C33H40N2O8/c1-8-9-10-28-34-20(2)31(35-28)30(24(32(37)39-7)15-21-11-14-25-27(16-21)42-19-41-25)23-13-12-22(38-6)17-26(23)40-18-29(36)43-33(3,4)5/h11-14,16-17H,8-10,15,18-19H2,1-7H3,(H,34,35). The number of aromatic nitrogens is 2. The van der Waals surface area contributed by atoms with E-state index in [0.29, 0.717) is 45.4 Å². The van der Waals surface area contributed by atoms with Crippen molar-refractivity contribution in [1.29, 1.82) is 0 Å². The minimum atomic E-state index is -0.674.